The third kappa shape index (κ3) is 2.58. The van der Waals surface area contributed by atoms with Gasteiger partial charge >= 0.3 is 5.97 Å². The van der Waals surface area contributed by atoms with Crippen LogP contribution in [-0.2, 0) is 4.79 Å². The molecule has 0 saturated heterocycles. The number of anilines is 1. The van der Waals surface area contributed by atoms with Gasteiger partial charge in [0.25, 0.3) is 0 Å². The Bertz CT molecular complexity index is 636. The Morgan fingerprint density at radius 3 is 2.75 bits per heavy atom. The van der Waals surface area contributed by atoms with Crippen LogP contribution < -0.4 is 10.6 Å². The SMILES string of the molecule is Cc1nsc(N(C)C(=O)C(N)c2cccs2)c1C(=O)O. The Kier molecular flexibility index (Phi) is 4.17. The predicted molar refractivity (Wildman–Crippen MR) is 78.5 cm³/mol. The van der Waals surface area contributed by atoms with Crippen LogP contribution >= 0.6 is 22.9 Å². The first-order chi connectivity index (χ1) is 9.43. The monoisotopic (exact) mass is 311 g/mol. The van der Waals surface area contributed by atoms with E-state index in [4.69, 9.17) is 5.73 Å². The highest BCUT2D eigenvalue weighted by Gasteiger charge is 2.27. The molecule has 0 spiro atoms. The van der Waals surface area contributed by atoms with Gasteiger partial charge in [-0.25, -0.2) is 4.79 Å². The molecule has 1 unspecified atom stereocenters. The Hall–Kier alpha value is -1.77. The topological polar surface area (TPSA) is 96.5 Å². The number of carboxylic acids is 1. The Balaban J connectivity index is 2.30. The molecule has 0 aromatic carbocycles. The molecule has 0 aliphatic heterocycles. The molecule has 0 aliphatic rings. The van der Waals surface area contributed by atoms with Crippen LogP contribution in [0, 0.1) is 6.92 Å². The Morgan fingerprint density at radius 1 is 1.50 bits per heavy atom. The van der Waals surface area contributed by atoms with Crippen LogP contribution in [0.25, 0.3) is 0 Å². The van der Waals surface area contributed by atoms with Crippen LogP contribution in [0.2, 0.25) is 0 Å². The lowest BCUT2D eigenvalue weighted by Gasteiger charge is -2.19. The second-order valence-corrected chi connectivity index (χ2v) is 5.87. The van der Waals surface area contributed by atoms with Gasteiger partial charge in [0, 0.05) is 11.9 Å². The molecule has 0 saturated carbocycles. The maximum Gasteiger partial charge on any atom is 0.340 e. The van der Waals surface area contributed by atoms with Crippen LogP contribution in [0.1, 0.15) is 27.0 Å². The maximum absolute atomic E-state index is 12.3. The number of nitrogens with zero attached hydrogens (tertiary/aromatic N) is 2. The molecule has 1 amide bonds. The summed E-state index contributed by atoms with van der Waals surface area (Å²) < 4.78 is 3.99. The summed E-state index contributed by atoms with van der Waals surface area (Å²) in [5.41, 5.74) is 6.35. The highest BCUT2D eigenvalue weighted by atomic mass is 32.1. The predicted octanol–water partition coefficient (Wildman–Crippen LogP) is 1.87. The lowest BCUT2D eigenvalue weighted by atomic mass is 10.2. The van der Waals surface area contributed by atoms with Gasteiger partial charge in [-0.15, -0.1) is 11.3 Å². The fraction of sp³-hybridized carbons (Fsp3) is 0.250. The number of thiophene rings is 1. The van der Waals surface area contributed by atoms with Gasteiger partial charge in [-0.2, -0.15) is 4.37 Å². The summed E-state index contributed by atoms with van der Waals surface area (Å²) in [6.07, 6.45) is 0. The minimum atomic E-state index is -1.10. The Morgan fingerprint density at radius 2 is 2.20 bits per heavy atom. The molecule has 1 atom stereocenters. The van der Waals surface area contributed by atoms with E-state index in [1.165, 1.54) is 23.3 Å². The highest BCUT2D eigenvalue weighted by molar-refractivity contribution is 7.11. The van der Waals surface area contributed by atoms with Crippen molar-refractivity contribution < 1.29 is 14.7 Å². The number of carboxylic acid groups (broad SMARTS) is 1. The summed E-state index contributed by atoms with van der Waals surface area (Å²) in [5.74, 6) is -1.46. The molecule has 8 heteroatoms. The smallest absolute Gasteiger partial charge is 0.340 e. The number of hydrogen-bond donors (Lipinski definition) is 2. The number of amides is 1. The molecule has 0 fully saturated rings. The van der Waals surface area contributed by atoms with Crippen molar-refractivity contribution in [2.45, 2.75) is 13.0 Å². The van der Waals surface area contributed by atoms with E-state index in [9.17, 15) is 14.7 Å². The van der Waals surface area contributed by atoms with E-state index in [1.54, 1.807) is 13.0 Å². The van der Waals surface area contributed by atoms with Crippen molar-refractivity contribution in [3.63, 3.8) is 0 Å². The van der Waals surface area contributed by atoms with Crippen molar-refractivity contribution in [2.75, 3.05) is 11.9 Å². The van der Waals surface area contributed by atoms with Crippen LogP contribution in [0.15, 0.2) is 17.5 Å². The number of carbonyl (C=O) groups is 2. The number of likely N-dealkylation sites (N-methyl/N-ethyl adjacent to an activating group) is 1. The molecule has 106 valence electrons. The fourth-order valence-electron chi connectivity index (χ4n) is 1.73. The number of aromatic carboxylic acids is 1. The summed E-state index contributed by atoms with van der Waals surface area (Å²) >= 11 is 2.36. The minimum absolute atomic E-state index is 0.0456. The molecule has 0 bridgehead atoms. The van der Waals surface area contributed by atoms with E-state index in [1.807, 2.05) is 11.4 Å². The minimum Gasteiger partial charge on any atom is -0.478 e. The summed E-state index contributed by atoms with van der Waals surface area (Å²) in [4.78, 5) is 25.5. The van der Waals surface area contributed by atoms with Gasteiger partial charge in [0.2, 0.25) is 5.91 Å². The first-order valence-corrected chi connectivity index (χ1v) is 7.35. The number of aromatic nitrogens is 1. The van der Waals surface area contributed by atoms with Gasteiger partial charge in [0.1, 0.15) is 16.6 Å². The van der Waals surface area contributed by atoms with Crippen LogP contribution in [0.4, 0.5) is 5.00 Å². The molecule has 20 heavy (non-hydrogen) atoms. The number of aryl methyl sites for hydroxylation is 1. The summed E-state index contributed by atoms with van der Waals surface area (Å²) in [6.45, 7) is 1.60. The number of nitrogens with two attached hydrogens (primary N) is 1. The zero-order chi connectivity index (χ0) is 14.9. The number of hydrogen-bond acceptors (Lipinski definition) is 6. The molecule has 0 aliphatic carbocycles. The van der Waals surface area contributed by atoms with Gasteiger partial charge in [-0.05, 0) is 29.9 Å². The highest BCUT2D eigenvalue weighted by Crippen LogP contribution is 2.30. The summed E-state index contributed by atoms with van der Waals surface area (Å²) in [7, 11) is 1.51. The first kappa shape index (κ1) is 14.6. The zero-order valence-corrected chi connectivity index (χ0v) is 12.5. The van der Waals surface area contributed by atoms with E-state index in [0.29, 0.717) is 10.7 Å². The van der Waals surface area contributed by atoms with Crippen molar-refractivity contribution >= 4 is 39.7 Å². The second-order valence-electron chi connectivity index (χ2n) is 4.14. The van der Waals surface area contributed by atoms with E-state index >= 15 is 0 Å². The lowest BCUT2D eigenvalue weighted by Crippen LogP contribution is -2.35. The first-order valence-electron chi connectivity index (χ1n) is 5.69. The molecule has 6 nitrogen and oxygen atoms in total. The van der Waals surface area contributed by atoms with Gasteiger partial charge in [-0.3, -0.25) is 4.79 Å². The average molecular weight is 311 g/mol. The number of rotatable bonds is 4. The van der Waals surface area contributed by atoms with E-state index in [0.717, 1.165) is 16.4 Å². The van der Waals surface area contributed by atoms with E-state index in [2.05, 4.69) is 4.37 Å². The molecular weight excluding hydrogens is 298 g/mol. The quantitative estimate of drug-likeness (QED) is 0.898. The fourth-order valence-corrected chi connectivity index (χ4v) is 3.30. The molecule has 2 rings (SSSR count). The lowest BCUT2D eigenvalue weighted by molar-refractivity contribution is -0.119. The van der Waals surface area contributed by atoms with Crippen molar-refractivity contribution in [2.24, 2.45) is 5.73 Å². The Labute approximate surface area is 123 Å². The third-order valence-corrected chi connectivity index (χ3v) is 4.78. The maximum atomic E-state index is 12.3. The molecule has 0 radical (unpaired) electrons. The van der Waals surface area contributed by atoms with Crippen LogP contribution in [-0.4, -0.2) is 28.4 Å². The van der Waals surface area contributed by atoms with Gasteiger partial charge in [0.15, 0.2) is 0 Å². The van der Waals surface area contributed by atoms with Crippen molar-refractivity contribution in [1.82, 2.24) is 4.37 Å². The molecule has 2 heterocycles. The number of carbonyl (C=O) groups excluding carboxylic acids is 1. The van der Waals surface area contributed by atoms with Crippen molar-refractivity contribution in [1.29, 1.82) is 0 Å². The normalized spacial score (nSPS) is 12.2. The van der Waals surface area contributed by atoms with Crippen LogP contribution in [0.5, 0.6) is 0 Å². The molecule has 3 N–H and O–H groups in total. The molecule has 2 aromatic heterocycles. The van der Waals surface area contributed by atoms with Gasteiger partial charge in [-0.1, -0.05) is 6.07 Å². The summed E-state index contributed by atoms with van der Waals surface area (Å²) in [5, 5.41) is 11.3. The molecular formula is C12H13N3O3S2. The standard InChI is InChI=1S/C12H13N3O3S2/c1-6-8(12(17)18)11(20-14-6)15(2)10(16)9(13)7-4-3-5-19-7/h3-5,9H,13H2,1-2H3,(H,17,18). The van der Waals surface area contributed by atoms with Crippen LogP contribution in [0.3, 0.4) is 0 Å². The molecule has 2 aromatic rings. The summed E-state index contributed by atoms with van der Waals surface area (Å²) in [6, 6.07) is 2.79. The average Bonchev–Trinajstić information content (AvgIpc) is 3.04. The van der Waals surface area contributed by atoms with Gasteiger partial charge in [0.05, 0.1) is 5.69 Å². The van der Waals surface area contributed by atoms with Crippen molar-refractivity contribution in [3.8, 4) is 0 Å². The van der Waals surface area contributed by atoms with E-state index in [-0.39, 0.29) is 11.5 Å². The van der Waals surface area contributed by atoms with Crippen molar-refractivity contribution in [3.05, 3.63) is 33.6 Å². The largest absolute Gasteiger partial charge is 0.478 e. The second kappa shape index (κ2) is 5.70. The van der Waals surface area contributed by atoms with E-state index < -0.39 is 12.0 Å². The van der Waals surface area contributed by atoms with Gasteiger partial charge < -0.3 is 15.7 Å². The third-order valence-electron chi connectivity index (χ3n) is 2.81. The zero-order valence-electron chi connectivity index (χ0n) is 10.9.